The number of esters is 2. The smallest absolute Gasteiger partial charge is 0.344 e. The van der Waals surface area contributed by atoms with Crippen LogP contribution in [0.15, 0.2) is 72.8 Å². The molecule has 0 unspecified atom stereocenters. The van der Waals surface area contributed by atoms with E-state index in [1.54, 1.807) is 0 Å². The normalized spacial score (nSPS) is 14.4. The molecule has 0 spiro atoms. The minimum Gasteiger partial charge on any atom is -0.422 e. The third-order valence-electron chi connectivity index (χ3n) is 6.12. The van der Waals surface area contributed by atoms with Crippen molar-refractivity contribution < 1.29 is 19.1 Å². The molecule has 0 radical (unpaired) electrons. The van der Waals surface area contributed by atoms with E-state index in [2.05, 4.69) is 0 Å². The molecule has 0 bridgehead atoms. The number of hydrogen-bond acceptors (Lipinski definition) is 4. The summed E-state index contributed by atoms with van der Waals surface area (Å²) in [7, 11) is 0. The van der Waals surface area contributed by atoms with Gasteiger partial charge in [0.15, 0.2) is 0 Å². The van der Waals surface area contributed by atoms with Crippen LogP contribution >= 0.6 is 0 Å². The molecular weight excluding hydrogens is 400 g/mol. The Labute approximate surface area is 184 Å². The Balaban J connectivity index is 1.61. The lowest BCUT2D eigenvalue weighted by molar-refractivity contribution is -0.128. The van der Waals surface area contributed by atoms with E-state index in [0.29, 0.717) is 22.6 Å². The molecule has 2 aliphatic heterocycles. The number of carbonyl (C=O) groups is 2. The molecule has 4 aromatic carbocycles. The van der Waals surface area contributed by atoms with Crippen molar-refractivity contribution in [1.29, 1.82) is 0 Å². The standard InChI is InChI=1S/C28H18O4/c1-15-3-7-17(8-4-15)23-21-13-11-20-19(25(21)31-27(23)29)12-14-22-24(28(30)32-26(20)22)18-9-5-16(2)6-10-18/h3-14H,1-2H3. The van der Waals surface area contributed by atoms with Gasteiger partial charge in [0.2, 0.25) is 0 Å². The maximum atomic E-state index is 12.8. The molecular formula is C28H18O4. The van der Waals surface area contributed by atoms with Crippen molar-refractivity contribution in [1.82, 2.24) is 0 Å². The van der Waals surface area contributed by atoms with Gasteiger partial charge in [0.1, 0.15) is 11.5 Å². The van der Waals surface area contributed by atoms with Crippen LogP contribution in [0.4, 0.5) is 0 Å². The Morgan fingerprint density at radius 2 is 0.875 bits per heavy atom. The molecule has 2 heterocycles. The summed E-state index contributed by atoms with van der Waals surface area (Å²) in [5.41, 5.74) is 4.98. The monoisotopic (exact) mass is 418 g/mol. The van der Waals surface area contributed by atoms with Gasteiger partial charge < -0.3 is 9.47 Å². The fraction of sp³-hybridized carbons (Fsp3) is 0.0714. The first-order chi connectivity index (χ1) is 15.5. The SMILES string of the molecule is Cc1ccc(C2=c3ccc4c5c(ccc4c3OC2=O)=C(c2ccc(C)cc2)C(=O)O5)cc1. The zero-order chi connectivity index (χ0) is 22.0. The molecule has 2 aliphatic rings. The second kappa shape index (κ2) is 6.66. The third-order valence-corrected chi connectivity index (χ3v) is 6.12. The number of hydrogen-bond donors (Lipinski definition) is 0. The molecule has 4 heteroatoms. The first kappa shape index (κ1) is 18.6. The zero-order valence-electron chi connectivity index (χ0n) is 17.6. The van der Waals surface area contributed by atoms with Gasteiger partial charge >= 0.3 is 11.9 Å². The number of benzene rings is 4. The summed E-state index contributed by atoms with van der Waals surface area (Å²) in [5, 5.41) is 2.99. The van der Waals surface area contributed by atoms with E-state index in [0.717, 1.165) is 43.5 Å². The van der Waals surface area contributed by atoms with Crippen LogP contribution in [-0.2, 0) is 9.59 Å². The van der Waals surface area contributed by atoms with Gasteiger partial charge in [-0.2, -0.15) is 0 Å². The summed E-state index contributed by atoms with van der Waals surface area (Å²) in [6.45, 7) is 4.01. The number of aryl methyl sites for hydroxylation is 2. The van der Waals surface area contributed by atoms with Crippen LogP contribution in [0.2, 0.25) is 0 Å². The fourth-order valence-corrected chi connectivity index (χ4v) is 4.46. The van der Waals surface area contributed by atoms with Crippen LogP contribution in [0, 0.1) is 13.8 Å². The lowest BCUT2D eigenvalue weighted by atomic mass is 9.98. The Hall–Kier alpha value is -4.18. The average molecular weight is 418 g/mol. The third kappa shape index (κ3) is 2.63. The first-order valence-electron chi connectivity index (χ1n) is 10.4. The Kier molecular flexibility index (Phi) is 3.87. The van der Waals surface area contributed by atoms with E-state index in [9.17, 15) is 9.59 Å². The Morgan fingerprint density at radius 3 is 1.25 bits per heavy atom. The Morgan fingerprint density at radius 1 is 0.500 bits per heavy atom. The topological polar surface area (TPSA) is 52.6 Å². The summed E-state index contributed by atoms with van der Waals surface area (Å²) < 4.78 is 11.4. The van der Waals surface area contributed by atoms with Crippen molar-refractivity contribution in [2.24, 2.45) is 0 Å². The quantitative estimate of drug-likeness (QED) is 0.368. The van der Waals surface area contributed by atoms with E-state index in [-0.39, 0.29) is 11.9 Å². The van der Waals surface area contributed by atoms with Gasteiger partial charge in [0.25, 0.3) is 0 Å². The number of carbonyl (C=O) groups excluding carboxylic acids is 2. The molecule has 6 rings (SSSR count). The lowest BCUT2D eigenvalue weighted by Crippen LogP contribution is -2.07. The van der Waals surface area contributed by atoms with Gasteiger partial charge in [-0.05, 0) is 49.2 Å². The molecule has 0 saturated carbocycles. The number of rotatable bonds is 2. The maximum Gasteiger partial charge on any atom is 0.344 e. The van der Waals surface area contributed by atoms with Gasteiger partial charge in [-0.1, -0.05) is 59.7 Å². The summed E-state index contributed by atoms with van der Waals surface area (Å²) in [6, 6.07) is 23.2. The summed E-state index contributed by atoms with van der Waals surface area (Å²) in [6.07, 6.45) is 0. The summed E-state index contributed by atoms with van der Waals surface area (Å²) in [5.74, 6) is 0.262. The number of ether oxygens (including phenoxy) is 2. The van der Waals surface area contributed by atoms with Gasteiger partial charge in [-0.25, -0.2) is 9.59 Å². The molecule has 0 N–H and O–H groups in total. The van der Waals surface area contributed by atoms with Gasteiger partial charge in [-0.15, -0.1) is 0 Å². The highest BCUT2D eigenvalue weighted by Crippen LogP contribution is 2.35. The van der Waals surface area contributed by atoms with Crippen LogP contribution in [0.3, 0.4) is 0 Å². The molecule has 0 fully saturated rings. The molecule has 0 atom stereocenters. The number of fused-ring (bicyclic) bond motifs is 5. The van der Waals surface area contributed by atoms with Gasteiger partial charge in [0.05, 0.1) is 11.1 Å². The van der Waals surface area contributed by atoms with E-state index in [1.165, 1.54) is 0 Å². The summed E-state index contributed by atoms with van der Waals surface area (Å²) >= 11 is 0. The minimum absolute atomic E-state index is 0.374. The molecule has 4 nitrogen and oxygen atoms in total. The van der Waals surface area contributed by atoms with Crippen molar-refractivity contribution in [3.05, 3.63) is 105 Å². The van der Waals surface area contributed by atoms with Crippen molar-refractivity contribution in [3.63, 3.8) is 0 Å². The highest BCUT2D eigenvalue weighted by Gasteiger charge is 2.30. The predicted octanol–water partition coefficient (Wildman–Crippen LogP) is 3.69. The van der Waals surface area contributed by atoms with E-state index in [4.69, 9.17) is 9.47 Å². The van der Waals surface area contributed by atoms with Crippen molar-refractivity contribution >= 4 is 33.9 Å². The van der Waals surface area contributed by atoms with Crippen LogP contribution in [0.1, 0.15) is 22.3 Å². The Bertz CT molecular complexity index is 1470. The van der Waals surface area contributed by atoms with E-state index >= 15 is 0 Å². The summed E-state index contributed by atoms with van der Waals surface area (Å²) in [4.78, 5) is 25.5. The van der Waals surface area contributed by atoms with Crippen molar-refractivity contribution in [3.8, 4) is 11.5 Å². The van der Waals surface area contributed by atoms with Crippen LogP contribution in [-0.4, -0.2) is 11.9 Å². The van der Waals surface area contributed by atoms with Crippen LogP contribution < -0.4 is 19.9 Å². The van der Waals surface area contributed by atoms with Crippen molar-refractivity contribution in [2.75, 3.05) is 0 Å². The van der Waals surface area contributed by atoms with Gasteiger partial charge in [-0.3, -0.25) is 0 Å². The first-order valence-corrected chi connectivity index (χ1v) is 10.4. The maximum absolute atomic E-state index is 12.8. The molecule has 154 valence electrons. The highest BCUT2D eigenvalue weighted by molar-refractivity contribution is 6.23. The molecule has 0 amide bonds. The second-order valence-corrected chi connectivity index (χ2v) is 8.24. The zero-order valence-corrected chi connectivity index (χ0v) is 17.6. The molecule has 32 heavy (non-hydrogen) atoms. The van der Waals surface area contributed by atoms with Crippen LogP contribution in [0.5, 0.6) is 11.5 Å². The van der Waals surface area contributed by atoms with E-state index < -0.39 is 0 Å². The van der Waals surface area contributed by atoms with Crippen LogP contribution in [0.25, 0.3) is 21.9 Å². The molecule has 0 aliphatic carbocycles. The fourth-order valence-electron chi connectivity index (χ4n) is 4.46. The average Bonchev–Trinajstić information content (AvgIpc) is 3.31. The largest absolute Gasteiger partial charge is 0.422 e. The minimum atomic E-state index is -0.374. The molecule has 0 aromatic heterocycles. The van der Waals surface area contributed by atoms with Crippen molar-refractivity contribution in [2.45, 2.75) is 13.8 Å². The van der Waals surface area contributed by atoms with E-state index in [1.807, 2.05) is 86.6 Å². The molecule has 4 aromatic rings. The highest BCUT2D eigenvalue weighted by atomic mass is 16.5. The lowest BCUT2D eigenvalue weighted by Gasteiger charge is -2.05. The molecule has 0 saturated heterocycles. The second-order valence-electron chi connectivity index (χ2n) is 8.24. The predicted molar refractivity (Wildman–Crippen MR) is 122 cm³/mol. The van der Waals surface area contributed by atoms with Gasteiger partial charge in [0, 0.05) is 21.2 Å².